The van der Waals surface area contributed by atoms with Gasteiger partial charge in [0, 0.05) is 17.8 Å². The SMILES string of the molecule is OCc1cnn2ccc(O)cc12. The van der Waals surface area contributed by atoms with Gasteiger partial charge in [-0.15, -0.1) is 0 Å². The molecule has 2 heterocycles. The molecule has 4 nitrogen and oxygen atoms in total. The molecule has 0 aliphatic heterocycles. The normalized spacial score (nSPS) is 10.8. The lowest BCUT2D eigenvalue weighted by Crippen LogP contribution is -1.85. The highest BCUT2D eigenvalue weighted by Crippen LogP contribution is 2.15. The lowest BCUT2D eigenvalue weighted by atomic mass is 10.3. The number of aromatic nitrogens is 2. The molecule has 0 saturated heterocycles. The van der Waals surface area contributed by atoms with E-state index in [4.69, 9.17) is 10.2 Å². The molecule has 4 heteroatoms. The van der Waals surface area contributed by atoms with Gasteiger partial charge in [-0.3, -0.25) is 0 Å². The van der Waals surface area contributed by atoms with Crippen molar-refractivity contribution in [3.63, 3.8) is 0 Å². The molecule has 2 aromatic heterocycles. The lowest BCUT2D eigenvalue weighted by Gasteiger charge is -1.95. The number of rotatable bonds is 1. The predicted octanol–water partition coefficient (Wildman–Crippen LogP) is 0.532. The summed E-state index contributed by atoms with van der Waals surface area (Å²) in [5.74, 6) is 0.178. The Bertz CT molecular complexity index is 408. The number of aliphatic hydroxyl groups excluding tert-OH is 1. The smallest absolute Gasteiger partial charge is 0.119 e. The van der Waals surface area contributed by atoms with Gasteiger partial charge in [0.1, 0.15) is 5.75 Å². The number of aliphatic hydroxyl groups is 1. The number of pyridine rings is 1. The highest BCUT2D eigenvalue weighted by Gasteiger charge is 2.02. The second-order valence-electron chi connectivity index (χ2n) is 2.54. The summed E-state index contributed by atoms with van der Waals surface area (Å²) in [6, 6.07) is 3.11. The summed E-state index contributed by atoms with van der Waals surface area (Å²) in [6.45, 7) is -0.0625. The molecule has 0 bridgehead atoms. The Labute approximate surface area is 68.7 Å². The van der Waals surface area contributed by atoms with Crippen LogP contribution in [0.5, 0.6) is 5.75 Å². The van der Waals surface area contributed by atoms with Crippen molar-refractivity contribution >= 4 is 5.52 Å². The molecular formula is C8H8N2O2. The molecule has 0 saturated carbocycles. The minimum atomic E-state index is -0.0625. The van der Waals surface area contributed by atoms with E-state index in [0.717, 1.165) is 5.52 Å². The minimum absolute atomic E-state index is 0.0625. The van der Waals surface area contributed by atoms with Crippen molar-refractivity contribution in [3.05, 3.63) is 30.1 Å². The fourth-order valence-electron chi connectivity index (χ4n) is 1.14. The van der Waals surface area contributed by atoms with Crippen molar-refractivity contribution in [2.75, 3.05) is 0 Å². The highest BCUT2D eigenvalue weighted by atomic mass is 16.3. The number of nitrogens with zero attached hydrogens (tertiary/aromatic N) is 2. The quantitative estimate of drug-likeness (QED) is 0.646. The summed E-state index contributed by atoms with van der Waals surface area (Å²) >= 11 is 0. The number of hydrogen-bond acceptors (Lipinski definition) is 3. The third kappa shape index (κ3) is 0.931. The number of aromatic hydroxyl groups is 1. The van der Waals surface area contributed by atoms with E-state index in [9.17, 15) is 0 Å². The van der Waals surface area contributed by atoms with Crippen LogP contribution in [0.2, 0.25) is 0 Å². The molecule has 0 amide bonds. The Morgan fingerprint density at radius 1 is 1.50 bits per heavy atom. The molecule has 0 aliphatic carbocycles. The van der Waals surface area contributed by atoms with Gasteiger partial charge < -0.3 is 10.2 Å². The van der Waals surface area contributed by atoms with Gasteiger partial charge in [-0.25, -0.2) is 4.52 Å². The molecule has 2 rings (SSSR count). The van der Waals surface area contributed by atoms with E-state index in [0.29, 0.717) is 5.56 Å². The van der Waals surface area contributed by atoms with Crippen LogP contribution in [0.4, 0.5) is 0 Å². The zero-order valence-electron chi connectivity index (χ0n) is 6.31. The monoisotopic (exact) mass is 164 g/mol. The molecule has 0 aromatic carbocycles. The van der Waals surface area contributed by atoms with Gasteiger partial charge in [-0.1, -0.05) is 0 Å². The van der Waals surface area contributed by atoms with E-state index in [1.54, 1.807) is 29.0 Å². The van der Waals surface area contributed by atoms with Crippen LogP contribution in [0.3, 0.4) is 0 Å². The van der Waals surface area contributed by atoms with Crippen molar-refractivity contribution in [1.82, 2.24) is 9.61 Å². The van der Waals surface area contributed by atoms with Crippen LogP contribution >= 0.6 is 0 Å². The van der Waals surface area contributed by atoms with E-state index in [1.807, 2.05) is 0 Å². The first kappa shape index (κ1) is 7.12. The van der Waals surface area contributed by atoms with Crippen molar-refractivity contribution < 1.29 is 10.2 Å². The van der Waals surface area contributed by atoms with Crippen molar-refractivity contribution in [3.8, 4) is 5.75 Å². The van der Waals surface area contributed by atoms with Crippen LogP contribution in [0.25, 0.3) is 5.52 Å². The number of fused-ring (bicyclic) bond motifs is 1. The molecule has 0 radical (unpaired) electrons. The van der Waals surface area contributed by atoms with E-state index in [-0.39, 0.29) is 12.4 Å². The third-order valence-electron chi connectivity index (χ3n) is 1.76. The lowest BCUT2D eigenvalue weighted by molar-refractivity contribution is 0.283. The van der Waals surface area contributed by atoms with E-state index in [2.05, 4.69) is 5.10 Å². The summed E-state index contributed by atoms with van der Waals surface area (Å²) in [4.78, 5) is 0. The first-order chi connectivity index (χ1) is 5.81. The summed E-state index contributed by atoms with van der Waals surface area (Å²) < 4.78 is 1.60. The minimum Gasteiger partial charge on any atom is -0.508 e. The van der Waals surface area contributed by atoms with Crippen LogP contribution in [0.15, 0.2) is 24.5 Å². The van der Waals surface area contributed by atoms with E-state index in [1.165, 1.54) is 0 Å². The first-order valence-corrected chi connectivity index (χ1v) is 3.57. The van der Waals surface area contributed by atoms with Gasteiger partial charge >= 0.3 is 0 Å². The molecule has 0 unspecified atom stereocenters. The maximum absolute atomic E-state index is 9.15. The molecular weight excluding hydrogens is 156 g/mol. The largest absolute Gasteiger partial charge is 0.508 e. The number of hydrogen-bond donors (Lipinski definition) is 2. The zero-order chi connectivity index (χ0) is 8.55. The molecule has 2 N–H and O–H groups in total. The average Bonchev–Trinajstić information content (AvgIpc) is 2.46. The van der Waals surface area contributed by atoms with Gasteiger partial charge in [0.2, 0.25) is 0 Å². The van der Waals surface area contributed by atoms with Crippen LogP contribution in [0, 0.1) is 0 Å². The van der Waals surface area contributed by atoms with Crippen LogP contribution < -0.4 is 0 Å². The van der Waals surface area contributed by atoms with E-state index < -0.39 is 0 Å². The fraction of sp³-hybridized carbons (Fsp3) is 0.125. The molecule has 0 atom stereocenters. The Morgan fingerprint density at radius 3 is 3.08 bits per heavy atom. The Hall–Kier alpha value is -1.55. The predicted molar refractivity (Wildman–Crippen MR) is 42.8 cm³/mol. The van der Waals surface area contributed by atoms with Crippen LogP contribution in [-0.4, -0.2) is 19.8 Å². The molecule has 62 valence electrons. The van der Waals surface area contributed by atoms with E-state index >= 15 is 0 Å². The molecule has 0 aliphatic rings. The molecule has 0 spiro atoms. The Morgan fingerprint density at radius 2 is 2.33 bits per heavy atom. The maximum Gasteiger partial charge on any atom is 0.119 e. The summed E-state index contributed by atoms with van der Waals surface area (Å²) in [5.41, 5.74) is 1.45. The van der Waals surface area contributed by atoms with Gasteiger partial charge in [-0.05, 0) is 6.07 Å². The standard InChI is InChI=1S/C8H8N2O2/c11-5-6-4-9-10-2-1-7(12)3-8(6)10/h1-4,11-12H,5H2. The van der Waals surface area contributed by atoms with Gasteiger partial charge in [0.05, 0.1) is 18.3 Å². The maximum atomic E-state index is 9.15. The summed E-state index contributed by atoms with van der Waals surface area (Å²) in [7, 11) is 0. The Kier molecular flexibility index (Phi) is 1.48. The highest BCUT2D eigenvalue weighted by molar-refractivity contribution is 5.56. The van der Waals surface area contributed by atoms with Gasteiger partial charge in [0.15, 0.2) is 0 Å². The van der Waals surface area contributed by atoms with Crippen molar-refractivity contribution in [2.45, 2.75) is 6.61 Å². The molecule has 12 heavy (non-hydrogen) atoms. The third-order valence-corrected chi connectivity index (χ3v) is 1.76. The average molecular weight is 164 g/mol. The molecule has 0 fully saturated rings. The fourth-order valence-corrected chi connectivity index (χ4v) is 1.14. The first-order valence-electron chi connectivity index (χ1n) is 3.57. The Balaban J connectivity index is 2.75. The summed E-state index contributed by atoms with van der Waals surface area (Å²) in [6.07, 6.45) is 3.22. The van der Waals surface area contributed by atoms with Crippen LogP contribution in [-0.2, 0) is 6.61 Å². The zero-order valence-corrected chi connectivity index (χ0v) is 6.31. The van der Waals surface area contributed by atoms with Gasteiger partial charge in [-0.2, -0.15) is 5.10 Å². The second kappa shape index (κ2) is 2.49. The van der Waals surface area contributed by atoms with Gasteiger partial charge in [0.25, 0.3) is 0 Å². The van der Waals surface area contributed by atoms with Crippen molar-refractivity contribution in [1.29, 1.82) is 0 Å². The van der Waals surface area contributed by atoms with Crippen molar-refractivity contribution in [2.24, 2.45) is 0 Å². The summed E-state index contributed by atoms with van der Waals surface area (Å²) in [5, 5.41) is 22.0. The van der Waals surface area contributed by atoms with Crippen LogP contribution in [0.1, 0.15) is 5.56 Å². The topological polar surface area (TPSA) is 57.8 Å². The molecule has 2 aromatic rings. The second-order valence-corrected chi connectivity index (χ2v) is 2.54.